The zero-order chi connectivity index (χ0) is 19.2. The molecule has 0 bridgehead atoms. The van der Waals surface area contributed by atoms with Crippen molar-refractivity contribution in [2.24, 2.45) is 4.99 Å². The van der Waals surface area contributed by atoms with Gasteiger partial charge in [0.05, 0.1) is 11.4 Å². The highest BCUT2D eigenvalue weighted by Gasteiger charge is 2.06. The molecule has 4 rings (SSSR count). The van der Waals surface area contributed by atoms with Gasteiger partial charge in [0.1, 0.15) is 0 Å². The molecule has 28 heavy (non-hydrogen) atoms. The van der Waals surface area contributed by atoms with Crippen LogP contribution in [0.1, 0.15) is 11.1 Å². The van der Waals surface area contributed by atoms with Crippen molar-refractivity contribution in [1.29, 1.82) is 0 Å². The summed E-state index contributed by atoms with van der Waals surface area (Å²) in [5, 5.41) is 3.50. The molecule has 0 unspecified atom stereocenters. The van der Waals surface area contributed by atoms with E-state index >= 15 is 0 Å². The number of nitrogens with zero attached hydrogens (tertiary/aromatic N) is 2. The van der Waals surface area contributed by atoms with Crippen LogP contribution >= 0.6 is 22.9 Å². The summed E-state index contributed by atoms with van der Waals surface area (Å²) in [5.41, 5.74) is 5.02. The zero-order valence-electron chi connectivity index (χ0n) is 15.0. The van der Waals surface area contributed by atoms with Crippen LogP contribution in [0.4, 0.5) is 5.13 Å². The Morgan fingerprint density at radius 1 is 0.857 bits per heavy atom. The lowest BCUT2D eigenvalue weighted by Crippen LogP contribution is -1.95. The van der Waals surface area contributed by atoms with Crippen molar-refractivity contribution in [2.75, 3.05) is 0 Å². The number of rotatable bonds is 5. The van der Waals surface area contributed by atoms with Gasteiger partial charge in [0, 0.05) is 21.5 Å². The molecule has 0 amide bonds. The Hall–Kier alpha value is -3.01. The lowest BCUT2D eigenvalue weighted by molar-refractivity contribution is 1.35. The summed E-state index contributed by atoms with van der Waals surface area (Å²) in [7, 11) is 0. The van der Waals surface area contributed by atoms with E-state index in [1.807, 2.05) is 78.2 Å². The summed E-state index contributed by atoms with van der Waals surface area (Å²) in [5.74, 6) is 0. The van der Waals surface area contributed by atoms with Crippen molar-refractivity contribution < 1.29 is 0 Å². The average Bonchev–Trinajstić information content (AvgIpc) is 3.22. The lowest BCUT2D eigenvalue weighted by atomic mass is 10.1. The third kappa shape index (κ3) is 4.63. The van der Waals surface area contributed by atoms with E-state index in [0.717, 1.165) is 38.3 Å². The summed E-state index contributed by atoms with van der Waals surface area (Å²) >= 11 is 7.52. The highest BCUT2D eigenvalue weighted by atomic mass is 35.5. The number of allylic oxidation sites excluding steroid dienone is 1. The van der Waals surface area contributed by atoms with Crippen LogP contribution < -0.4 is 0 Å². The predicted octanol–water partition coefficient (Wildman–Crippen LogP) is 7.30. The zero-order valence-corrected chi connectivity index (χ0v) is 16.6. The third-order valence-electron chi connectivity index (χ3n) is 4.15. The van der Waals surface area contributed by atoms with Crippen LogP contribution in [0.15, 0.2) is 101 Å². The molecule has 0 radical (unpaired) electrons. The van der Waals surface area contributed by atoms with Gasteiger partial charge in [-0.2, -0.15) is 0 Å². The number of aliphatic imine (C=N–C) groups is 1. The largest absolute Gasteiger partial charge is 0.219 e. The summed E-state index contributed by atoms with van der Waals surface area (Å²) in [4.78, 5) is 9.51. The van der Waals surface area contributed by atoms with Gasteiger partial charge in [0.2, 0.25) is 5.13 Å². The Balaban J connectivity index is 1.67. The quantitative estimate of drug-likeness (QED) is 0.322. The molecule has 0 aliphatic carbocycles. The minimum absolute atomic E-state index is 0.727. The van der Waals surface area contributed by atoms with Gasteiger partial charge >= 0.3 is 0 Å². The smallest absolute Gasteiger partial charge is 0.210 e. The number of halogens is 1. The van der Waals surface area contributed by atoms with Crippen LogP contribution in [0.25, 0.3) is 17.3 Å². The maximum atomic E-state index is 5.98. The maximum absolute atomic E-state index is 5.98. The number of hydrogen-bond acceptors (Lipinski definition) is 3. The van der Waals surface area contributed by atoms with Crippen LogP contribution in [0.3, 0.4) is 0 Å². The molecule has 0 aliphatic rings. The molecule has 0 atom stereocenters. The highest BCUT2D eigenvalue weighted by Crippen LogP contribution is 2.27. The Bertz CT molecular complexity index is 1100. The molecule has 1 aromatic heterocycles. The first kappa shape index (κ1) is 18.4. The molecule has 4 heteroatoms. The van der Waals surface area contributed by atoms with Crippen LogP contribution in [-0.2, 0) is 0 Å². The van der Waals surface area contributed by atoms with Crippen LogP contribution in [0, 0.1) is 0 Å². The van der Waals surface area contributed by atoms with Gasteiger partial charge in [-0.05, 0) is 23.8 Å². The summed E-state index contributed by atoms with van der Waals surface area (Å²) in [6.45, 7) is 0. The van der Waals surface area contributed by atoms with E-state index in [0.29, 0.717) is 0 Å². The first-order valence-electron chi connectivity index (χ1n) is 8.87. The van der Waals surface area contributed by atoms with E-state index in [9.17, 15) is 0 Å². The molecule has 0 saturated heterocycles. The van der Waals surface area contributed by atoms with Crippen molar-refractivity contribution >= 4 is 39.9 Å². The molecular formula is C24H17ClN2S. The molecule has 0 spiro atoms. The topological polar surface area (TPSA) is 25.2 Å². The van der Waals surface area contributed by atoms with E-state index in [2.05, 4.69) is 24.3 Å². The molecule has 3 aromatic carbocycles. The highest BCUT2D eigenvalue weighted by molar-refractivity contribution is 7.13. The average molecular weight is 401 g/mol. The second-order valence-corrected chi connectivity index (χ2v) is 7.40. The second kappa shape index (κ2) is 8.79. The second-order valence-electron chi connectivity index (χ2n) is 6.13. The lowest BCUT2D eigenvalue weighted by Gasteiger charge is -2.01. The number of aromatic nitrogens is 1. The van der Waals surface area contributed by atoms with Crippen molar-refractivity contribution in [3.05, 3.63) is 113 Å². The Morgan fingerprint density at radius 2 is 1.54 bits per heavy atom. The Kier molecular flexibility index (Phi) is 5.76. The van der Waals surface area contributed by atoms with Gasteiger partial charge in [-0.15, -0.1) is 11.3 Å². The van der Waals surface area contributed by atoms with Crippen molar-refractivity contribution in [1.82, 2.24) is 4.98 Å². The van der Waals surface area contributed by atoms with E-state index in [-0.39, 0.29) is 0 Å². The fraction of sp³-hybridized carbons (Fsp3) is 0. The summed E-state index contributed by atoms with van der Waals surface area (Å²) in [6, 6.07) is 28.0. The molecule has 136 valence electrons. The molecule has 0 fully saturated rings. The number of benzene rings is 3. The molecule has 0 N–H and O–H groups in total. The first-order valence-corrected chi connectivity index (χ1v) is 10.1. The van der Waals surface area contributed by atoms with E-state index < -0.39 is 0 Å². The van der Waals surface area contributed by atoms with Crippen LogP contribution in [0.2, 0.25) is 5.02 Å². The predicted molar refractivity (Wildman–Crippen MR) is 121 cm³/mol. The number of thiazole rings is 1. The standard InChI is InChI=1S/C24H17ClN2S/c25-21-14-11-18(12-15-21)13-16-22(19-7-3-1-4-8-19)26-24-27-23(17-28-24)20-9-5-2-6-10-20/h1-17H. The molecule has 0 aliphatic heterocycles. The Labute approximate surface area is 173 Å². The minimum atomic E-state index is 0.727. The van der Waals surface area contributed by atoms with Gasteiger partial charge in [-0.1, -0.05) is 90.5 Å². The number of hydrogen-bond donors (Lipinski definition) is 0. The molecule has 0 saturated carbocycles. The van der Waals surface area contributed by atoms with E-state index in [4.69, 9.17) is 21.6 Å². The molecule has 4 aromatic rings. The van der Waals surface area contributed by atoms with Gasteiger partial charge < -0.3 is 0 Å². The fourth-order valence-electron chi connectivity index (χ4n) is 2.72. The first-order chi connectivity index (χ1) is 13.8. The van der Waals surface area contributed by atoms with Crippen LogP contribution in [0.5, 0.6) is 0 Å². The molecule has 1 heterocycles. The fourth-order valence-corrected chi connectivity index (χ4v) is 3.55. The van der Waals surface area contributed by atoms with Crippen molar-refractivity contribution in [2.45, 2.75) is 0 Å². The minimum Gasteiger partial charge on any atom is -0.219 e. The van der Waals surface area contributed by atoms with Gasteiger partial charge in [-0.3, -0.25) is 0 Å². The Morgan fingerprint density at radius 3 is 2.25 bits per heavy atom. The van der Waals surface area contributed by atoms with Gasteiger partial charge in [0.15, 0.2) is 0 Å². The van der Waals surface area contributed by atoms with Gasteiger partial charge in [-0.25, -0.2) is 9.98 Å². The maximum Gasteiger partial charge on any atom is 0.210 e. The van der Waals surface area contributed by atoms with Crippen molar-refractivity contribution in [3.63, 3.8) is 0 Å². The van der Waals surface area contributed by atoms with Crippen LogP contribution in [-0.4, -0.2) is 10.7 Å². The normalized spacial score (nSPS) is 11.8. The monoisotopic (exact) mass is 400 g/mol. The van der Waals surface area contributed by atoms with Gasteiger partial charge in [0.25, 0.3) is 0 Å². The summed E-state index contributed by atoms with van der Waals surface area (Å²) < 4.78 is 0. The van der Waals surface area contributed by atoms with Crippen molar-refractivity contribution in [3.8, 4) is 11.3 Å². The van der Waals surface area contributed by atoms with E-state index in [1.165, 1.54) is 0 Å². The summed E-state index contributed by atoms with van der Waals surface area (Å²) in [6.07, 6.45) is 4.05. The molecule has 2 nitrogen and oxygen atoms in total. The van der Waals surface area contributed by atoms with E-state index in [1.54, 1.807) is 11.3 Å². The molecular weight excluding hydrogens is 384 g/mol. The SMILES string of the molecule is Clc1ccc(C=CC(=Nc2nc(-c3ccccc3)cs2)c2ccccc2)cc1. The third-order valence-corrected chi connectivity index (χ3v) is 5.14.